The fourth-order valence-electron chi connectivity index (χ4n) is 6.67. The molecule has 0 saturated heterocycles. The molecular formula is C32H33N3O. The molecule has 0 N–H and O–H groups in total. The minimum atomic E-state index is 0.0557. The van der Waals surface area contributed by atoms with E-state index in [9.17, 15) is 0 Å². The van der Waals surface area contributed by atoms with Crippen LogP contribution in [0.4, 0.5) is 22.9 Å². The summed E-state index contributed by atoms with van der Waals surface area (Å²) in [6.45, 7) is 7.07. The van der Waals surface area contributed by atoms with Crippen LogP contribution in [0.3, 0.4) is 0 Å². The Kier molecular flexibility index (Phi) is 5.67. The molecule has 0 amide bonds. The molecule has 6 rings (SSSR count). The highest BCUT2D eigenvalue weighted by Gasteiger charge is 2.57. The van der Waals surface area contributed by atoms with Gasteiger partial charge in [0.25, 0.3) is 0 Å². The molecule has 2 aliphatic heterocycles. The van der Waals surface area contributed by atoms with E-state index in [1.807, 2.05) is 36.4 Å². The van der Waals surface area contributed by atoms with E-state index in [4.69, 9.17) is 9.72 Å². The highest BCUT2D eigenvalue weighted by atomic mass is 16.5. The maximum atomic E-state index is 6.20. The Morgan fingerprint density at radius 3 is 2.08 bits per heavy atom. The Balaban J connectivity index is 1.59. The largest absolute Gasteiger partial charge is 0.439 e. The Morgan fingerprint density at radius 1 is 0.722 bits per heavy atom. The second-order valence-electron chi connectivity index (χ2n) is 9.82. The molecule has 36 heavy (non-hydrogen) atoms. The Labute approximate surface area is 214 Å². The van der Waals surface area contributed by atoms with Crippen molar-refractivity contribution in [1.29, 1.82) is 0 Å². The van der Waals surface area contributed by atoms with Crippen molar-refractivity contribution >= 4 is 22.9 Å². The average molecular weight is 476 g/mol. The summed E-state index contributed by atoms with van der Waals surface area (Å²) in [5, 5.41) is 0. The van der Waals surface area contributed by atoms with Crippen LogP contribution in [0.1, 0.15) is 51.5 Å². The minimum Gasteiger partial charge on any atom is -0.439 e. The first-order chi connectivity index (χ1) is 17.7. The summed E-state index contributed by atoms with van der Waals surface area (Å²) in [7, 11) is 0. The maximum Gasteiger partial charge on any atom is 0.221 e. The molecule has 1 aromatic heterocycles. The number of nitrogens with zero attached hydrogens (tertiary/aromatic N) is 3. The molecule has 0 saturated carbocycles. The molecule has 4 heteroatoms. The number of para-hydroxylation sites is 3. The lowest BCUT2D eigenvalue weighted by atomic mass is 9.62. The molecule has 0 bridgehead atoms. The van der Waals surface area contributed by atoms with Crippen molar-refractivity contribution in [3.05, 3.63) is 103 Å². The van der Waals surface area contributed by atoms with Crippen LogP contribution in [-0.4, -0.2) is 11.1 Å². The van der Waals surface area contributed by atoms with Gasteiger partial charge in [0, 0.05) is 22.9 Å². The van der Waals surface area contributed by atoms with Crippen molar-refractivity contribution in [3.8, 4) is 11.6 Å². The molecule has 0 aliphatic carbocycles. The third-order valence-electron chi connectivity index (χ3n) is 8.31. The third kappa shape index (κ3) is 3.31. The van der Waals surface area contributed by atoms with Crippen LogP contribution in [0, 0.1) is 5.41 Å². The highest BCUT2D eigenvalue weighted by molar-refractivity contribution is 5.88. The van der Waals surface area contributed by atoms with Gasteiger partial charge in [-0.15, -0.1) is 0 Å². The van der Waals surface area contributed by atoms with Gasteiger partial charge in [-0.25, -0.2) is 0 Å². The van der Waals surface area contributed by atoms with Crippen LogP contribution in [0.15, 0.2) is 97.1 Å². The lowest BCUT2D eigenvalue weighted by molar-refractivity contribution is 0.143. The first-order valence-electron chi connectivity index (χ1n) is 13.2. The first kappa shape index (κ1) is 22.7. The molecule has 4 aromatic rings. The van der Waals surface area contributed by atoms with Crippen molar-refractivity contribution in [1.82, 2.24) is 4.98 Å². The van der Waals surface area contributed by atoms with Gasteiger partial charge >= 0.3 is 0 Å². The van der Waals surface area contributed by atoms with Crippen LogP contribution in [0.5, 0.6) is 11.6 Å². The molecule has 0 fully saturated rings. The molecular weight excluding hydrogens is 442 g/mol. The van der Waals surface area contributed by atoms with E-state index in [0.717, 1.165) is 36.5 Å². The number of rotatable bonds is 6. The van der Waals surface area contributed by atoms with E-state index >= 15 is 0 Å². The second-order valence-corrected chi connectivity index (χ2v) is 9.82. The number of aromatic nitrogens is 1. The van der Waals surface area contributed by atoms with Crippen LogP contribution in [0.2, 0.25) is 0 Å². The number of anilines is 4. The molecule has 2 atom stereocenters. The van der Waals surface area contributed by atoms with Crippen molar-refractivity contribution in [2.45, 2.75) is 52.1 Å². The van der Waals surface area contributed by atoms with Crippen molar-refractivity contribution in [3.63, 3.8) is 0 Å². The van der Waals surface area contributed by atoms with Crippen molar-refractivity contribution in [2.75, 3.05) is 9.80 Å². The highest BCUT2D eigenvalue weighted by Crippen LogP contribution is 2.63. The summed E-state index contributed by atoms with van der Waals surface area (Å²) in [5.74, 6) is 2.83. The summed E-state index contributed by atoms with van der Waals surface area (Å²) in [5.41, 5.74) is 5.07. The van der Waals surface area contributed by atoms with Gasteiger partial charge in [-0.2, -0.15) is 4.98 Å². The molecule has 0 spiro atoms. The smallest absolute Gasteiger partial charge is 0.221 e. The zero-order valence-electron chi connectivity index (χ0n) is 21.3. The zero-order valence-corrected chi connectivity index (χ0v) is 21.3. The predicted molar refractivity (Wildman–Crippen MR) is 148 cm³/mol. The van der Waals surface area contributed by atoms with Gasteiger partial charge in [-0.1, -0.05) is 75.4 Å². The lowest BCUT2D eigenvalue weighted by Gasteiger charge is -2.55. The molecule has 3 aromatic carbocycles. The van der Waals surface area contributed by atoms with Gasteiger partial charge < -0.3 is 14.5 Å². The number of fused-ring (bicyclic) bond motifs is 5. The van der Waals surface area contributed by atoms with Gasteiger partial charge in [0.05, 0.1) is 5.69 Å². The third-order valence-corrected chi connectivity index (χ3v) is 8.31. The number of benzene rings is 3. The summed E-state index contributed by atoms with van der Waals surface area (Å²) < 4.78 is 6.20. The van der Waals surface area contributed by atoms with Crippen molar-refractivity contribution in [2.24, 2.45) is 5.41 Å². The average Bonchev–Trinajstić information content (AvgIpc) is 3.28. The monoisotopic (exact) mass is 475 g/mol. The van der Waals surface area contributed by atoms with E-state index < -0.39 is 0 Å². The fraction of sp³-hybridized carbons (Fsp3) is 0.281. The number of hydrogen-bond donors (Lipinski definition) is 0. The van der Waals surface area contributed by atoms with Crippen LogP contribution >= 0.6 is 0 Å². The molecule has 182 valence electrons. The van der Waals surface area contributed by atoms with E-state index in [1.165, 1.54) is 16.9 Å². The van der Waals surface area contributed by atoms with Crippen LogP contribution in [0.25, 0.3) is 0 Å². The Hall–Kier alpha value is -3.79. The van der Waals surface area contributed by atoms with Gasteiger partial charge in [-0.05, 0) is 67.1 Å². The normalized spacial score (nSPS) is 19.4. The van der Waals surface area contributed by atoms with Crippen molar-refractivity contribution < 1.29 is 4.74 Å². The summed E-state index contributed by atoms with van der Waals surface area (Å²) in [4.78, 5) is 10.2. The summed E-state index contributed by atoms with van der Waals surface area (Å²) >= 11 is 0. The van der Waals surface area contributed by atoms with Gasteiger partial charge in [0.2, 0.25) is 5.88 Å². The Morgan fingerprint density at radius 2 is 1.39 bits per heavy atom. The van der Waals surface area contributed by atoms with E-state index in [0.29, 0.717) is 11.8 Å². The molecule has 0 radical (unpaired) electrons. The topological polar surface area (TPSA) is 28.6 Å². The van der Waals surface area contributed by atoms with E-state index in [2.05, 4.69) is 91.2 Å². The van der Waals surface area contributed by atoms with Crippen LogP contribution in [-0.2, 0) is 0 Å². The van der Waals surface area contributed by atoms with Gasteiger partial charge in [0.15, 0.2) is 5.82 Å². The lowest BCUT2D eigenvalue weighted by Crippen LogP contribution is -2.57. The molecule has 2 aliphatic rings. The number of ether oxygens (including phenoxy) is 1. The first-order valence-corrected chi connectivity index (χ1v) is 13.2. The zero-order chi connectivity index (χ0) is 24.7. The maximum absolute atomic E-state index is 6.20. The standard InChI is InChI=1S/C32H33N3O/c1-4-26-25-19-13-14-20-27(25)35-30-28(21-22-29(33-30)36-24-17-11-8-12-18-24)34(23-15-9-7-10-16-23)31(35)32(26,5-2)6-3/h7-22,26,31H,4-6H2,1-3H3. The quantitative estimate of drug-likeness (QED) is 0.278. The summed E-state index contributed by atoms with van der Waals surface area (Å²) in [6.07, 6.45) is 3.41. The second kappa shape index (κ2) is 9.02. The SMILES string of the molecule is CCC1c2ccccc2N2c3nc(Oc4ccccc4)ccc3N(c3ccccc3)C2C1(CC)CC. The van der Waals surface area contributed by atoms with Gasteiger partial charge in [-0.3, -0.25) is 0 Å². The van der Waals surface area contributed by atoms with E-state index in [-0.39, 0.29) is 11.6 Å². The number of hydrogen-bond acceptors (Lipinski definition) is 4. The predicted octanol–water partition coefficient (Wildman–Crippen LogP) is 8.80. The fourth-order valence-corrected chi connectivity index (χ4v) is 6.67. The molecule has 4 nitrogen and oxygen atoms in total. The van der Waals surface area contributed by atoms with E-state index in [1.54, 1.807) is 0 Å². The summed E-state index contributed by atoms with van der Waals surface area (Å²) in [6, 6.07) is 33.8. The minimum absolute atomic E-state index is 0.0557. The van der Waals surface area contributed by atoms with Crippen LogP contribution < -0.4 is 14.5 Å². The molecule has 3 heterocycles. The molecule has 2 unspecified atom stereocenters. The number of pyridine rings is 1. The van der Waals surface area contributed by atoms with Gasteiger partial charge in [0.1, 0.15) is 11.9 Å². The Bertz CT molecular complexity index is 1350.